The lowest BCUT2D eigenvalue weighted by Gasteiger charge is -2.60. The number of nitro groups is 1. The highest BCUT2D eigenvalue weighted by Gasteiger charge is 2.65. The number of oxime groups is 1. The number of unbranched alkanes of at least 4 members (excludes halogenated alkanes) is 2. The normalized spacial score (nSPS) is 22.0. The quantitative estimate of drug-likeness (QED) is 0.0240. The number of ether oxygens (including phenoxy) is 3. The summed E-state index contributed by atoms with van der Waals surface area (Å²) in [6.45, 7) is 10.2. The van der Waals surface area contributed by atoms with E-state index < -0.39 is 28.3 Å². The van der Waals surface area contributed by atoms with E-state index in [2.05, 4.69) is 12.7 Å². The third-order valence-corrected chi connectivity index (χ3v) is 13.8. The lowest BCUT2D eigenvalue weighted by molar-refractivity contribution is -0.384. The molecule has 1 fully saturated rings. The second kappa shape index (κ2) is 22.6. The van der Waals surface area contributed by atoms with Crippen molar-refractivity contribution in [3.63, 3.8) is 0 Å². The van der Waals surface area contributed by atoms with Crippen LogP contribution in [-0.4, -0.2) is 68.9 Å². The average molecular weight is 966 g/mol. The predicted molar refractivity (Wildman–Crippen MR) is 273 cm³/mol. The Balaban J connectivity index is 1.35. The molecular weight excluding hydrogens is 902 g/mol. The molecule has 372 valence electrons. The molecule has 12 nitrogen and oxygen atoms in total. The zero-order chi connectivity index (χ0) is 50.1. The van der Waals surface area contributed by atoms with Crippen LogP contribution in [0.4, 0.5) is 10.1 Å². The van der Waals surface area contributed by atoms with Gasteiger partial charge in [0.1, 0.15) is 35.6 Å². The van der Waals surface area contributed by atoms with E-state index in [-0.39, 0.29) is 74.6 Å². The predicted octanol–water partition coefficient (Wildman–Crippen LogP) is 11.6. The fraction of sp³-hybridized carbons (Fsp3) is 0.379. The minimum absolute atomic E-state index is 0.00280. The number of non-ortho nitro benzene ring substituents is 1. The van der Waals surface area contributed by atoms with Gasteiger partial charge in [-0.2, -0.15) is 0 Å². The third kappa shape index (κ3) is 11.4. The molecular formula is C58H64FN3O9. The Morgan fingerprint density at radius 3 is 2.39 bits per heavy atom. The van der Waals surface area contributed by atoms with E-state index in [1.165, 1.54) is 24.3 Å². The minimum atomic E-state index is -1.55. The summed E-state index contributed by atoms with van der Waals surface area (Å²) in [5, 5.41) is 38.6. The molecule has 1 saturated carbocycles. The van der Waals surface area contributed by atoms with Crippen molar-refractivity contribution in [3.05, 3.63) is 178 Å². The molecule has 2 aliphatic carbocycles. The Hall–Kier alpha value is -6.67. The molecule has 5 aromatic carbocycles. The number of fused-ring (bicyclic) bond motifs is 3. The van der Waals surface area contributed by atoms with Gasteiger partial charge < -0.3 is 34.2 Å². The van der Waals surface area contributed by atoms with Crippen LogP contribution in [0.15, 0.2) is 145 Å². The Bertz CT molecular complexity index is 2780. The number of halogens is 1. The van der Waals surface area contributed by atoms with Gasteiger partial charge in [0.05, 0.1) is 23.2 Å². The van der Waals surface area contributed by atoms with Gasteiger partial charge in [-0.15, -0.1) is 6.58 Å². The maximum absolute atomic E-state index is 15.5. The first-order valence-electron chi connectivity index (χ1n) is 24.7. The van der Waals surface area contributed by atoms with E-state index in [0.717, 1.165) is 53.2 Å². The number of aliphatic hydroxyl groups is 2. The largest absolute Gasteiger partial charge is 0.489 e. The van der Waals surface area contributed by atoms with E-state index in [9.17, 15) is 24.7 Å². The number of nitrogens with zero attached hydrogens (tertiary/aromatic N) is 3. The Morgan fingerprint density at radius 1 is 0.944 bits per heavy atom. The maximum atomic E-state index is 15.5. The lowest BCUT2D eigenvalue weighted by atomic mass is 9.55. The van der Waals surface area contributed by atoms with Crippen molar-refractivity contribution < 1.29 is 43.4 Å². The first kappa shape index (κ1) is 50.7. The standard InChI is InChI=1S/C58H64FN3O9/c1-5-33-69-58-53(61(37-42-19-14-18-40-15-6-8-20-46(40)42)54(65)30-25-39-23-26-44(27-24-39)62(66)67)36-51(60-71-57(2,3)4)48-34-41(16-10-12-31-63)47(21-11-13-32-64)55(56(48)58)49-35-45(28-29-52(49)70-58)68-38-43-17-7-9-22-50(43)59/h5-9,14-15,17-20,22-30,34-35,41,47,53,55-56,63-64H,1,10-13,16,21,31-33,36-38H2,2-4H3. The molecule has 0 bridgehead atoms. The molecule has 1 heterocycles. The van der Waals surface area contributed by atoms with Crippen LogP contribution in [0.1, 0.15) is 93.9 Å². The van der Waals surface area contributed by atoms with Crippen molar-refractivity contribution in [2.75, 3.05) is 19.8 Å². The summed E-state index contributed by atoms with van der Waals surface area (Å²) in [4.78, 5) is 34.7. The lowest BCUT2D eigenvalue weighted by Crippen LogP contribution is -2.70. The van der Waals surface area contributed by atoms with Crippen LogP contribution in [0.2, 0.25) is 0 Å². The smallest absolute Gasteiger partial charge is 0.269 e. The summed E-state index contributed by atoms with van der Waals surface area (Å²) in [7, 11) is 0. The topological polar surface area (TPSA) is 153 Å². The monoisotopic (exact) mass is 965 g/mol. The molecule has 1 aliphatic heterocycles. The third-order valence-electron chi connectivity index (χ3n) is 13.8. The van der Waals surface area contributed by atoms with Gasteiger partial charge in [0.25, 0.3) is 5.69 Å². The molecule has 6 atom stereocenters. The molecule has 0 saturated heterocycles. The highest BCUT2D eigenvalue weighted by molar-refractivity contribution is 6.03. The number of nitro benzene ring substituents is 1. The van der Waals surface area contributed by atoms with Crippen molar-refractivity contribution >= 4 is 34.2 Å². The van der Waals surface area contributed by atoms with Gasteiger partial charge in [-0.1, -0.05) is 90.8 Å². The molecule has 1 amide bonds. The van der Waals surface area contributed by atoms with Crippen LogP contribution < -0.4 is 9.47 Å². The Labute approximate surface area is 415 Å². The summed E-state index contributed by atoms with van der Waals surface area (Å²) in [5.41, 5.74) is 3.57. The highest BCUT2D eigenvalue weighted by Crippen LogP contribution is 2.62. The molecule has 0 aromatic heterocycles. The van der Waals surface area contributed by atoms with Gasteiger partial charge in [-0.25, -0.2) is 4.39 Å². The summed E-state index contributed by atoms with van der Waals surface area (Å²) in [6, 6.07) is 31.4. The molecule has 0 radical (unpaired) electrons. The number of benzene rings is 5. The van der Waals surface area contributed by atoms with Crippen LogP contribution >= 0.6 is 0 Å². The second-order valence-corrected chi connectivity index (χ2v) is 19.6. The molecule has 6 unspecified atom stereocenters. The summed E-state index contributed by atoms with van der Waals surface area (Å²) in [6.07, 6.45) is 11.5. The SMILES string of the molecule is C=CCOC12Oc3ccc(OCc4ccccc4F)cc3C3C(CCCCO)C(CCCCO)C=C(C(=NOC(C)(C)C)CC1N(Cc1cccc4ccccc14)C(=O)C=Cc1ccc([N+](=O)[O-])cc1)C32. The molecule has 5 aromatic rings. The molecule has 0 spiro atoms. The summed E-state index contributed by atoms with van der Waals surface area (Å²) in [5.74, 6) is -2.16. The van der Waals surface area contributed by atoms with Crippen molar-refractivity contribution in [1.82, 2.24) is 4.90 Å². The van der Waals surface area contributed by atoms with Crippen molar-refractivity contribution in [2.24, 2.45) is 22.9 Å². The van der Waals surface area contributed by atoms with Crippen molar-refractivity contribution in [2.45, 2.75) is 102 Å². The number of allylic oxidation sites excluding steroid dienone is 1. The van der Waals surface area contributed by atoms with Gasteiger partial charge in [0, 0.05) is 61.4 Å². The fourth-order valence-corrected chi connectivity index (χ4v) is 10.6. The number of carbonyl (C=O) groups is 1. The van der Waals surface area contributed by atoms with Gasteiger partial charge in [-0.3, -0.25) is 14.9 Å². The molecule has 71 heavy (non-hydrogen) atoms. The molecule has 13 heteroatoms. The maximum Gasteiger partial charge on any atom is 0.269 e. The second-order valence-electron chi connectivity index (χ2n) is 19.6. The average Bonchev–Trinajstić information content (AvgIpc) is 3.36. The zero-order valence-electron chi connectivity index (χ0n) is 40.8. The highest BCUT2D eigenvalue weighted by atomic mass is 19.1. The summed E-state index contributed by atoms with van der Waals surface area (Å²) >= 11 is 0. The fourth-order valence-electron chi connectivity index (χ4n) is 10.6. The van der Waals surface area contributed by atoms with E-state index >= 15 is 4.79 Å². The Morgan fingerprint density at radius 2 is 1.66 bits per heavy atom. The minimum Gasteiger partial charge on any atom is -0.489 e. The molecule has 2 N–H and O–H groups in total. The van der Waals surface area contributed by atoms with Gasteiger partial charge in [0.2, 0.25) is 11.7 Å². The number of aliphatic hydroxyl groups excluding tert-OH is 2. The van der Waals surface area contributed by atoms with Crippen LogP contribution in [0.25, 0.3) is 16.8 Å². The van der Waals surface area contributed by atoms with Crippen LogP contribution in [0.5, 0.6) is 11.5 Å². The Kier molecular flexibility index (Phi) is 16.1. The number of rotatable bonds is 21. The van der Waals surface area contributed by atoms with E-state index in [0.29, 0.717) is 41.2 Å². The van der Waals surface area contributed by atoms with Crippen LogP contribution in [-0.2, 0) is 27.5 Å². The van der Waals surface area contributed by atoms with Crippen molar-refractivity contribution in [1.29, 1.82) is 0 Å². The van der Waals surface area contributed by atoms with E-state index in [1.54, 1.807) is 47.4 Å². The van der Waals surface area contributed by atoms with E-state index in [1.807, 2.05) is 81.4 Å². The van der Waals surface area contributed by atoms with Crippen molar-refractivity contribution in [3.8, 4) is 11.5 Å². The number of amides is 1. The van der Waals surface area contributed by atoms with Gasteiger partial charge >= 0.3 is 0 Å². The van der Waals surface area contributed by atoms with Crippen LogP contribution in [0.3, 0.4) is 0 Å². The molecule has 8 rings (SSSR count). The van der Waals surface area contributed by atoms with E-state index in [4.69, 9.17) is 24.2 Å². The van der Waals surface area contributed by atoms with Gasteiger partial charge in [-0.05, 0) is 128 Å². The van der Waals surface area contributed by atoms with Gasteiger partial charge in [0.15, 0.2) is 0 Å². The molecule has 3 aliphatic rings. The van der Waals surface area contributed by atoms with Crippen LogP contribution in [0, 0.1) is 33.7 Å². The first-order chi connectivity index (χ1) is 34.3. The number of hydrogen-bond acceptors (Lipinski definition) is 10. The first-order valence-corrected chi connectivity index (χ1v) is 24.7. The number of carbonyl (C=O) groups excluding carboxylic acids is 1. The zero-order valence-corrected chi connectivity index (χ0v) is 40.8. The number of hydrogen-bond donors (Lipinski definition) is 2. The summed E-state index contributed by atoms with van der Waals surface area (Å²) < 4.78 is 36.0.